The SMILES string of the molecule is Cc1ccc(-c2csc(NC(=O)c3ccnc(Cl)c3)n2)cc1. The van der Waals surface area contributed by atoms with E-state index in [4.69, 9.17) is 11.6 Å². The molecule has 0 fully saturated rings. The van der Waals surface area contributed by atoms with Gasteiger partial charge in [0.05, 0.1) is 5.69 Å². The summed E-state index contributed by atoms with van der Waals surface area (Å²) in [7, 11) is 0. The second-order valence-electron chi connectivity index (χ2n) is 4.73. The van der Waals surface area contributed by atoms with Crippen LogP contribution in [0.1, 0.15) is 15.9 Å². The quantitative estimate of drug-likeness (QED) is 0.724. The zero-order chi connectivity index (χ0) is 15.5. The molecule has 0 spiro atoms. The smallest absolute Gasteiger partial charge is 0.257 e. The van der Waals surface area contributed by atoms with Crippen LogP contribution in [-0.2, 0) is 0 Å². The van der Waals surface area contributed by atoms with Crippen molar-refractivity contribution in [2.45, 2.75) is 6.92 Å². The number of hydrogen-bond acceptors (Lipinski definition) is 4. The van der Waals surface area contributed by atoms with Crippen molar-refractivity contribution in [2.24, 2.45) is 0 Å². The minimum Gasteiger partial charge on any atom is -0.298 e. The molecule has 0 atom stereocenters. The molecule has 22 heavy (non-hydrogen) atoms. The number of rotatable bonds is 3. The van der Waals surface area contributed by atoms with E-state index in [1.807, 2.05) is 36.6 Å². The van der Waals surface area contributed by atoms with Gasteiger partial charge in [-0.15, -0.1) is 11.3 Å². The van der Waals surface area contributed by atoms with Crippen molar-refractivity contribution in [1.82, 2.24) is 9.97 Å². The molecule has 0 aliphatic heterocycles. The van der Waals surface area contributed by atoms with Crippen molar-refractivity contribution in [3.8, 4) is 11.3 Å². The fourth-order valence-corrected chi connectivity index (χ4v) is 2.79. The first-order valence-corrected chi connectivity index (χ1v) is 7.83. The minimum absolute atomic E-state index is 0.255. The number of hydrogen-bond donors (Lipinski definition) is 1. The summed E-state index contributed by atoms with van der Waals surface area (Å²) in [6.45, 7) is 2.04. The Balaban J connectivity index is 1.77. The summed E-state index contributed by atoms with van der Waals surface area (Å²) in [6.07, 6.45) is 1.50. The number of aromatic nitrogens is 2. The van der Waals surface area contributed by atoms with Crippen molar-refractivity contribution in [3.63, 3.8) is 0 Å². The fraction of sp³-hybridized carbons (Fsp3) is 0.0625. The first-order chi connectivity index (χ1) is 10.6. The molecule has 2 heterocycles. The summed E-state index contributed by atoms with van der Waals surface area (Å²) in [4.78, 5) is 20.4. The lowest BCUT2D eigenvalue weighted by Crippen LogP contribution is -2.11. The highest BCUT2D eigenvalue weighted by atomic mass is 35.5. The first kappa shape index (κ1) is 14.7. The van der Waals surface area contributed by atoms with Crippen LogP contribution in [0.5, 0.6) is 0 Å². The monoisotopic (exact) mass is 329 g/mol. The molecule has 3 rings (SSSR count). The molecule has 0 saturated heterocycles. The minimum atomic E-state index is -0.255. The van der Waals surface area contributed by atoms with Crippen molar-refractivity contribution in [1.29, 1.82) is 0 Å². The maximum atomic E-state index is 12.1. The molecule has 4 nitrogen and oxygen atoms in total. The van der Waals surface area contributed by atoms with Gasteiger partial charge in [0.25, 0.3) is 5.91 Å². The zero-order valence-corrected chi connectivity index (χ0v) is 13.3. The van der Waals surface area contributed by atoms with Gasteiger partial charge in [-0.05, 0) is 19.1 Å². The lowest BCUT2D eigenvalue weighted by Gasteiger charge is -2.01. The molecule has 2 aromatic heterocycles. The Labute approximate surface area is 136 Å². The molecular weight excluding hydrogens is 318 g/mol. The normalized spacial score (nSPS) is 10.5. The molecule has 0 radical (unpaired) electrons. The van der Waals surface area contributed by atoms with E-state index in [1.54, 1.807) is 6.07 Å². The highest BCUT2D eigenvalue weighted by Crippen LogP contribution is 2.25. The van der Waals surface area contributed by atoms with Gasteiger partial charge in [-0.1, -0.05) is 41.4 Å². The van der Waals surface area contributed by atoms with Gasteiger partial charge >= 0.3 is 0 Å². The van der Waals surface area contributed by atoms with Crippen LogP contribution in [0.2, 0.25) is 5.15 Å². The number of benzene rings is 1. The standard InChI is InChI=1S/C16H12ClN3OS/c1-10-2-4-11(5-3-10)13-9-22-16(19-13)20-15(21)12-6-7-18-14(17)8-12/h2-9H,1H3,(H,19,20,21). The third-order valence-corrected chi connectivity index (χ3v) is 4.03. The second kappa shape index (κ2) is 6.25. The van der Waals surface area contributed by atoms with Crippen LogP contribution in [0.3, 0.4) is 0 Å². The Hall–Kier alpha value is -2.24. The Morgan fingerprint density at radius 2 is 2.00 bits per heavy atom. The van der Waals surface area contributed by atoms with Gasteiger partial charge in [-0.3, -0.25) is 10.1 Å². The highest BCUT2D eigenvalue weighted by Gasteiger charge is 2.10. The van der Waals surface area contributed by atoms with E-state index in [1.165, 1.54) is 29.2 Å². The Bertz CT molecular complexity index is 814. The van der Waals surface area contributed by atoms with Crippen LogP contribution in [0.15, 0.2) is 48.0 Å². The molecule has 0 aliphatic rings. The van der Waals surface area contributed by atoms with Crippen LogP contribution in [0.25, 0.3) is 11.3 Å². The predicted molar refractivity (Wildman–Crippen MR) is 89.5 cm³/mol. The number of amides is 1. The third kappa shape index (κ3) is 3.32. The summed E-state index contributed by atoms with van der Waals surface area (Å²) < 4.78 is 0. The lowest BCUT2D eigenvalue weighted by molar-refractivity contribution is 0.102. The topological polar surface area (TPSA) is 54.9 Å². The summed E-state index contributed by atoms with van der Waals surface area (Å²) in [5, 5.41) is 5.52. The van der Waals surface area contributed by atoms with Gasteiger partial charge in [0.1, 0.15) is 5.15 Å². The molecule has 0 saturated carbocycles. The molecule has 1 aromatic carbocycles. The Morgan fingerprint density at radius 1 is 1.23 bits per heavy atom. The maximum absolute atomic E-state index is 12.1. The van der Waals surface area contributed by atoms with E-state index in [0.29, 0.717) is 10.7 Å². The van der Waals surface area contributed by atoms with Crippen LogP contribution in [-0.4, -0.2) is 15.9 Å². The van der Waals surface area contributed by atoms with E-state index in [0.717, 1.165) is 11.3 Å². The van der Waals surface area contributed by atoms with Crippen molar-refractivity contribution >= 4 is 34.0 Å². The van der Waals surface area contributed by atoms with Gasteiger partial charge in [-0.25, -0.2) is 9.97 Å². The predicted octanol–water partition coefficient (Wildman–Crippen LogP) is 4.42. The number of thiazole rings is 1. The average Bonchev–Trinajstić information content (AvgIpc) is 2.96. The summed E-state index contributed by atoms with van der Waals surface area (Å²) in [6, 6.07) is 11.2. The number of carbonyl (C=O) groups excluding carboxylic acids is 1. The molecule has 1 amide bonds. The van der Waals surface area contributed by atoms with Gasteiger partial charge in [-0.2, -0.15) is 0 Å². The van der Waals surface area contributed by atoms with E-state index >= 15 is 0 Å². The van der Waals surface area contributed by atoms with E-state index in [-0.39, 0.29) is 11.1 Å². The van der Waals surface area contributed by atoms with Crippen LogP contribution < -0.4 is 5.32 Å². The number of pyridine rings is 1. The fourth-order valence-electron chi connectivity index (χ4n) is 1.90. The van der Waals surface area contributed by atoms with E-state index in [9.17, 15) is 4.79 Å². The van der Waals surface area contributed by atoms with Gasteiger partial charge < -0.3 is 0 Å². The van der Waals surface area contributed by atoms with Crippen molar-refractivity contribution in [2.75, 3.05) is 5.32 Å². The second-order valence-corrected chi connectivity index (χ2v) is 5.97. The maximum Gasteiger partial charge on any atom is 0.257 e. The summed E-state index contributed by atoms with van der Waals surface area (Å²) >= 11 is 7.17. The number of nitrogens with one attached hydrogen (secondary N) is 1. The number of nitrogens with zero attached hydrogens (tertiary/aromatic N) is 2. The van der Waals surface area contributed by atoms with Gasteiger partial charge in [0.2, 0.25) is 0 Å². The number of carbonyl (C=O) groups is 1. The van der Waals surface area contributed by atoms with Gasteiger partial charge in [0, 0.05) is 22.7 Å². The van der Waals surface area contributed by atoms with E-state index in [2.05, 4.69) is 15.3 Å². The van der Waals surface area contributed by atoms with Crippen LogP contribution >= 0.6 is 22.9 Å². The molecule has 0 unspecified atom stereocenters. The molecule has 0 aliphatic carbocycles. The van der Waals surface area contributed by atoms with Gasteiger partial charge in [0.15, 0.2) is 5.13 Å². The molecule has 6 heteroatoms. The highest BCUT2D eigenvalue weighted by molar-refractivity contribution is 7.14. The zero-order valence-electron chi connectivity index (χ0n) is 11.7. The number of halogens is 1. The largest absolute Gasteiger partial charge is 0.298 e. The summed E-state index contributed by atoms with van der Waals surface area (Å²) in [5.41, 5.74) is 3.51. The van der Waals surface area contributed by atoms with E-state index < -0.39 is 0 Å². The van der Waals surface area contributed by atoms with Crippen molar-refractivity contribution < 1.29 is 4.79 Å². The van der Waals surface area contributed by atoms with Crippen LogP contribution in [0.4, 0.5) is 5.13 Å². The lowest BCUT2D eigenvalue weighted by atomic mass is 10.1. The number of aryl methyl sites for hydroxylation is 1. The molecule has 0 bridgehead atoms. The molecule has 1 N–H and O–H groups in total. The number of anilines is 1. The summed E-state index contributed by atoms with van der Waals surface area (Å²) in [5.74, 6) is -0.255. The Morgan fingerprint density at radius 3 is 2.73 bits per heavy atom. The third-order valence-electron chi connectivity index (χ3n) is 3.06. The van der Waals surface area contributed by atoms with Crippen LogP contribution in [0, 0.1) is 6.92 Å². The average molecular weight is 330 g/mol. The molecule has 110 valence electrons. The molecular formula is C16H12ClN3OS. The molecule has 3 aromatic rings. The Kier molecular flexibility index (Phi) is 4.18. The first-order valence-electron chi connectivity index (χ1n) is 6.57. The van der Waals surface area contributed by atoms with Crippen molar-refractivity contribution in [3.05, 3.63) is 64.3 Å².